The van der Waals surface area contributed by atoms with Crippen molar-refractivity contribution in [3.05, 3.63) is 72.8 Å². The fourth-order valence-corrected chi connectivity index (χ4v) is 2.84. The molecule has 0 radical (unpaired) electrons. The first kappa shape index (κ1) is 17.6. The Hall–Kier alpha value is -3.80. The van der Waals surface area contributed by atoms with Crippen LogP contribution in [0.1, 0.15) is 0 Å². The summed E-state index contributed by atoms with van der Waals surface area (Å²) >= 11 is 0. The van der Waals surface area contributed by atoms with Gasteiger partial charge in [-0.15, -0.1) is 0 Å². The summed E-state index contributed by atoms with van der Waals surface area (Å²) in [6.45, 7) is -0.0848. The minimum absolute atomic E-state index is 0.0848. The highest BCUT2D eigenvalue weighted by atomic mass is 16.5. The Morgan fingerprint density at radius 1 is 1.00 bits per heavy atom. The van der Waals surface area contributed by atoms with Crippen LogP contribution in [0.3, 0.4) is 0 Å². The molecule has 0 aliphatic heterocycles. The lowest BCUT2D eigenvalue weighted by molar-refractivity contribution is -0.118. The lowest BCUT2D eigenvalue weighted by atomic mass is 10.2. The highest BCUT2D eigenvalue weighted by Crippen LogP contribution is 2.22. The molecule has 0 atom stereocenters. The smallest absolute Gasteiger partial charge is 0.262 e. The molecule has 0 bridgehead atoms. The third kappa shape index (κ3) is 3.96. The number of aromatic amines is 1. The average molecular weight is 373 g/mol. The van der Waals surface area contributed by atoms with Crippen LogP contribution >= 0.6 is 0 Å². The van der Waals surface area contributed by atoms with Crippen molar-refractivity contribution in [1.82, 2.24) is 9.97 Å². The standard InChI is InChI=1S/C22H19N3O3/c1-27-17-5-4-6-18(13-17)28-14-21(26)23-16-11-9-15(10-12-16)22-24-19-7-2-3-8-20(19)25-22/h2-13H,14H2,1H3,(H,23,26)(H,24,25). The van der Waals surface area contributed by atoms with Gasteiger partial charge in [-0.2, -0.15) is 0 Å². The third-order valence-corrected chi connectivity index (χ3v) is 4.24. The molecule has 28 heavy (non-hydrogen) atoms. The first-order valence-corrected chi connectivity index (χ1v) is 8.83. The number of benzene rings is 3. The van der Waals surface area contributed by atoms with Gasteiger partial charge in [-0.05, 0) is 48.5 Å². The molecule has 6 nitrogen and oxygen atoms in total. The number of carbonyl (C=O) groups is 1. The molecule has 1 heterocycles. The second kappa shape index (κ2) is 7.84. The van der Waals surface area contributed by atoms with Crippen molar-refractivity contribution in [1.29, 1.82) is 0 Å². The largest absolute Gasteiger partial charge is 0.497 e. The predicted octanol–water partition coefficient (Wildman–Crippen LogP) is 4.26. The van der Waals surface area contributed by atoms with E-state index < -0.39 is 0 Å². The van der Waals surface area contributed by atoms with E-state index in [0.29, 0.717) is 17.2 Å². The van der Waals surface area contributed by atoms with Gasteiger partial charge in [-0.1, -0.05) is 18.2 Å². The highest BCUT2D eigenvalue weighted by molar-refractivity contribution is 5.92. The van der Waals surface area contributed by atoms with Gasteiger partial charge in [0.15, 0.2) is 6.61 Å². The van der Waals surface area contributed by atoms with Crippen molar-refractivity contribution < 1.29 is 14.3 Å². The van der Waals surface area contributed by atoms with Crippen LogP contribution in [0.4, 0.5) is 5.69 Å². The van der Waals surface area contributed by atoms with Gasteiger partial charge in [0.1, 0.15) is 17.3 Å². The van der Waals surface area contributed by atoms with E-state index in [-0.39, 0.29) is 12.5 Å². The summed E-state index contributed by atoms with van der Waals surface area (Å²) in [4.78, 5) is 20.0. The van der Waals surface area contributed by atoms with Crippen molar-refractivity contribution in [3.8, 4) is 22.9 Å². The molecule has 0 aliphatic rings. The summed E-state index contributed by atoms with van der Waals surface area (Å²) in [5.41, 5.74) is 3.55. The van der Waals surface area contributed by atoms with Crippen LogP contribution in [0.15, 0.2) is 72.8 Å². The number of hydrogen-bond acceptors (Lipinski definition) is 4. The molecule has 1 amide bonds. The van der Waals surface area contributed by atoms with E-state index in [1.807, 2.05) is 60.7 Å². The number of H-pyrrole nitrogens is 1. The van der Waals surface area contributed by atoms with E-state index in [1.54, 1.807) is 19.2 Å². The van der Waals surface area contributed by atoms with Crippen LogP contribution in [-0.2, 0) is 4.79 Å². The first-order valence-electron chi connectivity index (χ1n) is 8.83. The monoisotopic (exact) mass is 373 g/mol. The number of carbonyl (C=O) groups excluding carboxylic acids is 1. The number of rotatable bonds is 6. The molecule has 0 aliphatic carbocycles. The Bertz CT molecular complexity index is 1070. The molecule has 0 fully saturated rings. The number of fused-ring (bicyclic) bond motifs is 1. The van der Waals surface area contributed by atoms with E-state index in [0.717, 1.165) is 22.4 Å². The minimum atomic E-state index is -0.237. The number of ether oxygens (including phenoxy) is 2. The van der Waals surface area contributed by atoms with Crippen molar-refractivity contribution in [2.24, 2.45) is 0 Å². The Labute approximate surface area is 162 Å². The topological polar surface area (TPSA) is 76.2 Å². The van der Waals surface area contributed by atoms with Crippen molar-refractivity contribution >= 4 is 22.6 Å². The van der Waals surface area contributed by atoms with Crippen LogP contribution < -0.4 is 14.8 Å². The van der Waals surface area contributed by atoms with Gasteiger partial charge in [-0.3, -0.25) is 4.79 Å². The Morgan fingerprint density at radius 2 is 1.79 bits per heavy atom. The zero-order valence-corrected chi connectivity index (χ0v) is 15.3. The van der Waals surface area contributed by atoms with Gasteiger partial charge >= 0.3 is 0 Å². The number of amides is 1. The molecule has 0 unspecified atom stereocenters. The molecule has 4 rings (SSSR count). The number of hydrogen-bond donors (Lipinski definition) is 2. The Kier molecular flexibility index (Phi) is 4.93. The number of nitrogens with one attached hydrogen (secondary N) is 2. The summed E-state index contributed by atoms with van der Waals surface area (Å²) in [7, 11) is 1.58. The van der Waals surface area contributed by atoms with Crippen molar-refractivity contribution in [2.75, 3.05) is 19.0 Å². The number of anilines is 1. The minimum Gasteiger partial charge on any atom is -0.497 e. The summed E-state index contributed by atoms with van der Waals surface area (Å²) < 4.78 is 10.6. The Morgan fingerprint density at radius 3 is 2.57 bits per heavy atom. The van der Waals surface area contributed by atoms with E-state index in [9.17, 15) is 4.79 Å². The van der Waals surface area contributed by atoms with Crippen molar-refractivity contribution in [3.63, 3.8) is 0 Å². The van der Waals surface area contributed by atoms with Gasteiger partial charge in [0, 0.05) is 17.3 Å². The van der Waals surface area contributed by atoms with Crippen LogP contribution in [0.25, 0.3) is 22.4 Å². The third-order valence-electron chi connectivity index (χ3n) is 4.24. The van der Waals surface area contributed by atoms with Gasteiger partial charge < -0.3 is 19.8 Å². The van der Waals surface area contributed by atoms with Gasteiger partial charge in [0.05, 0.1) is 18.1 Å². The first-order chi connectivity index (χ1) is 13.7. The fourth-order valence-electron chi connectivity index (χ4n) is 2.84. The number of imidazole rings is 1. The number of para-hydroxylation sites is 2. The number of aromatic nitrogens is 2. The van der Waals surface area contributed by atoms with E-state index in [1.165, 1.54) is 0 Å². The number of methoxy groups -OCH3 is 1. The summed E-state index contributed by atoms with van der Waals surface area (Å²) in [6, 6.07) is 22.5. The fraction of sp³-hybridized carbons (Fsp3) is 0.0909. The van der Waals surface area contributed by atoms with Crippen LogP contribution in [-0.4, -0.2) is 29.6 Å². The second-order valence-electron chi connectivity index (χ2n) is 6.20. The summed E-state index contributed by atoms with van der Waals surface area (Å²) in [5.74, 6) is 1.81. The number of nitrogens with zero attached hydrogens (tertiary/aromatic N) is 1. The predicted molar refractivity (Wildman–Crippen MR) is 109 cm³/mol. The molecule has 0 saturated heterocycles. The summed E-state index contributed by atoms with van der Waals surface area (Å²) in [6.07, 6.45) is 0. The molecule has 6 heteroatoms. The van der Waals surface area contributed by atoms with Gasteiger partial charge in [-0.25, -0.2) is 4.98 Å². The van der Waals surface area contributed by atoms with Gasteiger partial charge in [0.25, 0.3) is 5.91 Å². The van der Waals surface area contributed by atoms with Crippen LogP contribution in [0.2, 0.25) is 0 Å². The lowest BCUT2D eigenvalue weighted by Crippen LogP contribution is -2.20. The maximum atomic E-state index is 12.1. The van der Waals surface area contributed by atoms with Crippen molar-refractivity contribution in [2.45, 2.75) is 0 Å². The maximum Gasteiger partial charge on any atom is 0.262 e. The molecule has 1 aromatic heterocycles. The average Bonchev–Trinajstić information content (AvgIpc) is 3.17. The second-order valence-corrected chi connectivity index (χ2v) is 6.20. The highest BCUT2D eigenvalue weighted by Gasteiger charge is 2.07. The molecule has 0 spiro atoms. The van der Waals surface area contributed by atoms with E-state index >= 15 is 0 Å². The molecule has 2 N–H and O–H groups in total. The molecule has 4 aromatic rings. The zero-order chi connectivity index (χ0) is 19.3. The molecule has 3 aromatic carbocycles. The molecule has 0 saturated carbocycles. The zero-order valence-electron chi connectivity index (χ0n) is 15.3. The van der Waals surface area contributed by atoms with Crippen LogP contribution in [0, 0.1) is 0 Å². The maximum absolute atomic E-state index is 12.1. The normalized spacial score (nSPS) is 10.6. The quantitative estimate of drug-likeness (QED) is 0.530. The SMILES string of the molecule is COc1cccc(OCC(=O)Nc2ccc(-c3nc4ccccc4[nH]3)cc2)c1. The van der Waals surface area contributed by atoms with E-state index in [2.05, 4.69) is 15.3 Å². The molecular weight excluding hydrogens is 354 g/mol. The molecular formula is C22H19N3O3. The van der Waals surface area contributed by atoms with E-state index in [4.69, 9.17) is 9.47 Å². The Balaban J connectivity index is 1.37. The van der Waals surface area contributed by atoms with Gasteiger partial charge in [0.2, 0.25) is 0 Å². The van der Waals surface area contributed by atoms with Crippen LogP contribution in [0.5, 0.6) is 11.5 Å². The lowest BCUT2D eigenvalue weighted by Gasteiger charge is -2.09. The molecule has 140 valence electrons. The summed E-state index contributed by atoms with van der Waals surface area (Å²) in [5, 5.41) is 2.82.